The molecule has 0 bridgehead atoms. The average molecular weight is 255 g/mol. The van der Waals surface area contributed by atoms with Gasteiger partial charge in [-0.15, -0.1) is 11.8 Å². The van der Waals surface area contributed by atoms with Crippen molar-refractivity contribution in [1.82, 2.24) is 0 Å². The Morgan fingerprint density at radius 2 is 1.89 bits per heavy atom. The molecule has 0 saturated carbocycles. The van der Waals surface area contributed by atoms with Crippen molar-refractivity contribution in [2.24, 2.45) is 0 Å². The lowest BCUT2D eigenvalue weighted by atomic mass is 10.1. The van der Waals surface area contributed by atoms with Gasteiger partial charge in [0.2, 0.25) is 0 Å². The van der Waals surface area contributed by atoms with Crippen LogP contribution in [0.15, 0.2) is 53.4 Å². The number of aryl methyl sites for hydroxylation is 1. The average Bonchev–Trinajstić information content (AvgIpc) is 2.47. The molecule has 1 aliphatic rings. The molecule has 0 spiro atoms. The van der Waals surface area contributed by atoms with Crippen LogP contribution in [-0.4, -0.2) is 6.54 Å². The van der Waals surface area contributed by atoms with Crippen molar-refractivity contribution in [3.05, 3.63) is 59.7 Å². The number of para-hydroxylation sites is 1. The van der Waals surface area contributed by atoms with Gasteiger partial charge in [0.15, 0.2) is 0 Å². The summed E-state index contributed by atoms with van der Waals surface area (Å²) in [7, 11) is 0. The van der Waals surface area contributed by atoms with E-state index in [0.717, 1.165) is 13.0 Å². The first-order chi connectivity index (χ1) is 8.86. The molecule has 2 heteroatoms. The molecule has 1 heterocycles. The summed E-state index contributed by atoms with van der Waals surface area (Å²) in [5.41, 5.74) is 4.09. The number of nitrogens with one attached hydrogen (secondary N) is 1. The van der Waals surface area contributed by atoms with Gasteiger partial charge < -0.3 is 5.32 Å². The predicted molar refractivity (Wildman–Crippen MR) is 79.3 cm³/mol. The number of anilines is 1. The normalized spacial score (nSPS) is 17.9. The van der Waals surface area contributed by atoms with Gasteiger partial charge in [0.25, 0.3) is 0 Å². The van der Waals surface area contributed by atoms with Crippen LogP contribution < -0.4 is 5.32 Å². The first-order valence-corrected chi connectivity index (χ1v) is 7.33. The monoisotopic (exact) mass is 255 g/mol. The zero-order valence-electron chi connectivity index (χ0n) is 10.5. The first-order valence-electron chi connectivity index (χ1n) is 6.45. The van der Waals surface area contributed by atoms with E-state index in [1.54, 1.807) is 0 Å². The van der Waals surface area contributed by atoms with Gasteiger partial charge >= 0.3 is 0 Å². The third-order valence-electron chi connectivity index (χ3n) is 3.39. The predicted octanol–water partition coefficient (Wildman–Crippen LogP) is 4.51. The van der Waals surface area contributed by atoms with Gasteiger partial charge in [0.1, 0.15) is 0 Å². The molecule has 2 aromatic rings. The van der Waals surface area contributed by atoms with Crippen LogP contribution in [0.1, 0.15) is 23.3 Å². The zero-order chi connectivity index (χ0) is 12.4. The van der Waals surface area contributed by atoms with Crippen molar-refractivity contribution in [1.29, 1.82) is 0 Å². The van der Waals surface area contributed by atoms with Crippen LogP contribution in [0, 0.1) is 0 Å². The molecular formula is C16H17NS. The molecule has 18 heavy (non-hydrogen) atoms. The van der Waals surface area contributed by atoms with E-state index in [4.69, 9.17) is 0 Å². The SMILES string of the molecule is CCc1ccc(C2CNc3ccccc3S2)cc1. The van der Waals surface area contributed by atoms with Crippen molar-refractivity contribution in [3.63, 3.8) is 0 Å². The maximum absolute atomic E-state index is 3.52. The van der Waals surface area contributed by atoms with Gasteiger partial charge in [-0.25, -0.2) is 0 Å². The topological polar surface area (TPSA) is 12.0 Å². The molecule has 0 amide bonds. The van der Waals surface area contributed by atoms with Crippen LogP contribution in [0.2, 0.25) is 0 Å². The Hall–Kier alpha value is -1.41. The van der Waals surface area contributed by atoms with Crippen molar-refractivity contribution in [3.8, 4) is 0 Å². The number of hydrogen-bond acceptors (Lipinski definition) is 2. The molecule has 1 atom stereocenters. The molecule has 0 aromatic heterocycles. The highest BCUT2D eigenvalue weighted by molar-refractivity contribution is 7.99. The minimum Gasteiger partial charge on any atom is -0.383 e. The van der Waals surface area contributed by atoms with Crippen molar-refractivity contribution in [2.45, 2.75) is 23.5 Å². The Morgan fingerprint density at radius 3 is 2.67 bits per heavy atom. The second-order valence-corrected chi connectivity index (χ2v) is 5.82. The van der Waals surface area contributed by atoms with E-state index in [1.165, 1.54) is 21.7 Å². The summed E-state index contributed by atoms with van der Waals surface area (Å²) in [6.45, 7) is 3.20. The highest BCUT2D eigenvalue weighted by Crippen LogP contribution is 2.42. The summed E-state index contributed by atoms with van der Waals surface area (Å²) in [6, 6.07) is 17.6. The summed E-state index contributed by atoms with van der Waals surface area (Å²) in [4.78, 5) is 1.35. The summed E-state index contributed by atoms with van der Waals surface area (Å²) < 4.78 is 0. The van der Waals surface area contributed by atoms with Crippen LogP contribution in [0.5, 0.6) is 0 Å². The summed E-state index contributed by atoms with van der Waals surface area (Å²) in [6.07, 6.45) is 1.11. The number of thioether (sulfide) groups is 1. The second kappa shape index (κ2) is 5.07. The fraction of sp³-hybridized carbons (Fsp3) is 0.250. The number of fused-ring (bicyclic) bond motifs is 1. The Morgan fingerprint density at radius 1 is 1.11 bits per heavy atom. The first kappa shape index (κ1) is 11.7. The molecule has 1 N–H and O–H groups in total. The van der Waals surface area contributed by atoms with E-state index in [0.29, 0.717) is 5.25 Å². The van der Waals surface area contributed by atoms with Gasteiger partial charge in [-0.3, -0.25) is 0 Å². The third-order valence-corrected chi connectivity index (χ3v) is 4.73. The molecule has 1 nitrogen and oxygen atoms in total. The van der Waals surface area contributed by atoms with Gasteiger partial charge in [-0.05, 0) is 29.7 Å². The Balaban J connectivity index is 1.82. The standard InChI is InChI=1S/C16H17NS/c1-2-12-7-9-13(10-8-12)16-11-17-14-5-3-4-6-15(14)18-16/h3-10,16-17H,2,11H2,1H3. The molecule has 1 unspecified atom stereocenters. The van der Waals surface area contributed by atoms with Crippen molar-refractivity contribution < 1.29 is 0 Å². The Bertz CT molecular complexity index is 533. The molecule has 2 aromatic carbocycles. The van der Waals surface area contributed by atoms with Crippen molar-refractivity contribution in [2.75, 3.05) is 11.9 Å². The number of hydrogen-bond donors (Lipinski definition) is 1. The van der Waals surface area contributed by atoms with Gasteiger partial charge in [-0.1, -0.05) is 43.3 Å². The summed E-state index contributed by atoms with van der Waals surface area (Å²) >= 11 is 1.96. The Kier molecular flexibility index (Phi) is 3.28. The smallest absolute Gasteiger partial charge is 0.0517 e. The van der Waals surface area contributed by atoms with E-state index < -0.39 is 0 Å². The summed E-state index contributed by atoms with van der Waals surface area (Å²) in [5, 5.41) is 4.04. The molecular weight excluding hydrogens is 238 g/mol. The third kappa shape index (κ3) is 2.25. The van der Waals surface area contributed by atoms with E-state index >= 15 is 0 Å². The molecule has 92 valence electrons. The fourth-order valence-corrected chi connectivity index (χ4v) is 3.46. The quantitative estimate of drug-likeness (QED) is 0.847. The van der Waals surface area contributed by atoms with Gasteiger partial charge in [0, 0.05) is 17.1 Å². The van der Waals surface area contributed by atoms with E-state index in [2.05, 4.69) is 60.8 Å². The number of rotatable bonds is 2. The maximum atomic E-state index is 3.52. The second-order valence-electron chi connectivity index (χ2n) is 4.58. The highest BCUT2D eigenvalue weighted by atomic mass is 32.2. The lowest BCUT2D eigenvalue weighted by molar-refractivity contribution is 0.961. The number of benzene rings is 2. The molecule has 1 aliphatic heterocycles. The van der Waals surface area contributed by atoms with Gasteiger partial charge in [-0.2, -0.15) is 0 Å². The minimum atomic E-state index is 0.519. The highest BCUT2D eigenvalue weighted by Gasteiger charge is 2.19. The van der Waals surface area contributed by atoms with Crippen molar-refractivity contribution >= 4 is 17.4 Å². The van der Waals surface area contributed by atoms with E-state index in [-0.39, 0.29) is 0 Å². The van der Waals surface area contributed by atoms with E-state index in [1.807, 2.05) is 11.8 Å². The maximum Gasteiger partial charge on any atom is 0.0517 e. The lowest BCUT2D eigenvalue weighted by Gasteiger charge is -2.25. The zero-order valence-corrected chi connectivity index (χ0v) is 11.3. The molecule has 3 rings (SSSR count). The molecule has 0 saturated heterocycles. The molecule has 0 aliphatic carbocycles. The van der Waals surface area contributed by atoms with Crippen LogP contribution in [0.3, 0.4) is 0 Å². The van der Waals surface area contributed by atoms with Crippen LogP contribution in [0.4, 0.5) is 5.69 Å². The van der Waals surface area contributed by atoms with Crippen LogP contribution in [-0.2, 0) is 6.42 Å². The fourth-order valence-electron chi connectivity index (χ4n) is 2.27. The van der Waals surface area contributed by atoms with E-state index in [9.17, 15) is 0 Å². The minimum absolute atomic E-state index is 0.519. The largest absolute Gasteiger partial charge is 0.383 e. The molecule has 0 fully saturated rings. The van der Waals surface area contributed by atoms with Gasteiger partial charge in [0.05, 0.1) is 5.25 Å². The van der Waals surface area contributed by atoms with Crippen LogP contribution >= 0.6 is 11.8 Å². The Labute approximate surface area is 113 Å². The summed E-state index contributed by atoms with van der Waals surface area (Å²) in [5.74, 6) is 0. The molecule has 0 radical (unpaired) electrons. The lowest BCUT2D eigenvalue weighted by Crippen LogP contribution is -2.15. The van der Waals surface area contributed by atoms with Crippen LogP contribution in [0.25, 0.3) is 0 Å².